The fourth-order valence-corrected chi connectivity index (χ4v) is 3.02. The molecular weight excluding hydrogens is 238 g/mol. The number of nitrogens with one attached hydrogen (secondary N) is 1. The van der Waals surface area contributed by atoms with Gasteiger partial charge in [0.1, 0.15) is 0 Å². The Morgan fingerprint density at radius 1 is 1.26 bits per heavy atom. The molecule has 0 spiro atoms. The van der Waals surface area contributed by atoms with Crippen LogP contribution < -0.4 is 5.32 Å². The first-order valence-electron chi connectivity index (χ1n) is 7.30. The molecule has 2 aliphatic rings. The van der Waals surface area contributed by atoms with E-state index in [1.807, 2.05) is 0 Å². The van der Waals surface area contributed by atoms with Crippen LogP contribution in [0.2, 0.25) is 0 Å². The lowest BCUT2D eigenvalue weighted by molar-refractivity contribution is -0.120. The predicted molar refractivity (Wildman–Crippen MR) is 74.2 cm³/mol. The Bertz CT molecular complexity index is 464. The minimum atomic E-state index is 0.105. The Morgan fingerprint density at radius 3 is 3.00 bits per heavy atom. The van der Waals surface area contributed by atoms with Crippen LogP contribution in [0.1, 0.15) is 36.0 Å². The molecule has 102 valence electrons. The average molecular weight is 259 g/mol. The molecule has 1 aromatic rings. The molecule has 3 rings (SSSR count). The Morgan fingerprint density at radius 2 is 2.16 bits per heavy atom. The monoisotopic (exact) mass is 259 g/mol. The molecule has 1 saturated heterocycles. The number of hydrogen-bond acceptors (Lipinski definition) is 2. The molecule has 0 bridgehead atoms. The van der Waals surface area contributed by atoms with Crippen molar-refractivity contribution in [2.24, 2.45) is 0 Å². The van der Waals surface area contributed by atoms with E-state index in [1.165, 1.54) is 30.4 Å². The van der Waals surface area contributed by atoms with Gasteiger partial charge in [0.2, 0.25) is 5.91 Å². The largest absolute Gasteiger partial charge is 0.376 e. The summed E-state index contributed by atoms with van der Waals surface area (Å²) >= 11 is 0. The number of carbonyl (C=O) groups is 1. The van der Waals surface area contributed by atoms with Crippen molar-refractivity contribution in [3.63, 3.8) is 0 Å². The minimum absolute atomic E-state index is 0.105. The SMILES string of the molecule is O=C(Cc1ccc2c(c1)CCC2)NCC1CCCO1. The summed E-state index contributed by atoms with van der Waals surface area (Å²) in [7, 11) is 0. The molecule has 1 aliphatic carbocycles. The minimum Gasteiger partial charge on any atom is -0.376 e. The molecule has 1 unspecified atom stereocenters. The Hall–Kier alpha value is -1.35. The van der Waals surface area contributed by atoms with E-state index in [0.717, 1.165) is 25.0 Å². The predicted octanol–water partition coefficient (Wildman–Crippen LogP) is 2.01. The van der Waals surface area contributed by atoms with Crippen LogP contribution in [0.4, 0.5) is 0 Å². The van der Waals surface area contributed by atoms with Crippen LogP contribution in [0.5, 0.6) is 0 Å². The number of carbonyl (C=O) groups excluding carboxylic acids is 1. The molecule has 0 radical (unpaired) electrons. The van der Waals surface area contributed by atoms with Gasteiger partial charge in [0.05, 0.1) is 12.5 Å². The van der Waals surface area contributed by atoms with Gasteiger partial charge in [-0.25, -0.2) is 0 Å². The van der Waals surface area contributed by atoms with Crippen molar-refractivity contribution >= 4 is 5.91 Å². The topological polar surface area (TPSA) is 38.3 Å². The van der Waals surface area contributed by atoms with Crippen molar-refractivity contribution in [2.75, 3.05) is 13.2 Å². The summed E-state index contributed by atoms with van der Waals surface area (Å²) in [5, 5.41) is 2.98. The zero-order valence-electron chi connectivity index (χ0n) is 11.3. The molecule has 0 aromatic heterocycles. The molecule has 1 aromatic carbocycles. The van der Waals surface area contributed by atoms with Crippen LogP contribution in [-0.2, 0) is 28.8 Å². The second-order valence-corrected chi connectivity index (χ2v) is 5.57. The maximum Gasteiger partial charge on any atom is 0.224 e. The van der Waals surface area contributed by atoms with Crippen molar-refractivity contribution in [2.45, 2.75) is 44.6 Å². The number of ether oxygens (including phenoxy) is 1. The second kappa shape index (κ2) is 5.74. The standard InChI is InChI=1S/C16H21NO2/c18-16(17-11-15-5-2-8-19-15)10-12-6-7-13-3-1-4-14(13)9-12/h6-7,9,15H,1-5,8,10-11H2,(H,17,18). The summed E-state index contributed by atoms with van der Waals surface area (Å²) in [6, 6.07) is 6.48. The van der Waals surface area contributed by atoms with Crippen molar-refractivity contribution < 1.29 is 9.53 Å². The Balaban J connectivity index is 1.51. The third kappa shape index (κ3) is 3.16. The van der Waals surface area contributed by atoms with E-state index in [9.17, 15) is 4.79 Å². The van der Waals surface area contributed by atoms with E-state index in [4.69, 9.17) is 4.74 Å². The highest BCUT2D eigenvalue weighted by Crippen LogP contribution is 2.23. The zero-order chi connectivity index (χ0) is 13.1. The summed E-state index contributed by atoms with van der Waals surface area (Å²) in [6.45, 7) is 1.50. The Kier molecular flexibility index (Phi) is 3.83. The van der Waals surface area contributed by atoms with E-state index in [0.29, 0.717) is 13.0 Å². The van der Waals surface area contributed by atoms with Crippen LogP contribution in [0.15, 0.2) is 18.2 Å². The fourth-order valence-electron chi connectivity index (χ4n) is 3.02. The highest BCUT2D eigenvalue weighted by Gasteiger charge is 2.16. The van der Waals surface area contributed by atoms with Crippen molar-refractivity contribution in [1.82, 2.24) is 5.32 Å². The molecule has 1 atom stereocenters. The quantitative estimate of drug-likeness (QED) is 0.898. The number of rotatable bonds is 4. The van der Waals surface area contributed by atoms with Gasteiger partial charge < -0.3 is 10.1 Å². The fraction of sp³-hybridized carbons (Fsp3) is 0.562. The number of fused-ring (bicyclic) bond motifs is 1. The molecular formula is C16H21NO2. The zero-order valence-corrected chi connectivity index (χ0v) is 11.3. The first-order valence-corrected chi connectivity index (χ1v) is 7.30. The average Bonchev–Trinajstić information content (AvgIpc) is 3.07. The molecule has 1 N–H and O–H groups in total. The van der Waals surface area contributed by atoms with Gasteiger partial charge in [-0.15, -0.1) is 0 Å². The van der Waals surface area contributed by atoms with Gasteiger partial charge in [0.15, 0.2) is 0 Å². The van der Waals surface area contributed by atoms with Gasteiger partial charge in [-0.2, -0.15) is 0 Å². The molecule has 3 nitrogen and oxygen atoms in total. The third-order valence-corrected chi connectivity index (χ3v) is 4.08. The maximum atomic E-state index is 11.9. The first-order chi connectivity index (χ1) is 9.31. The summed E-state index contributed by atoms with van der Waals surface area (Å²) < 4.78 is 5.50. The lowest BCUT2D eigenvalue weighted by Gasteiger charge is -2.11. The van der Waals surface area contributed by atoms with Crippen molar-refractivity contribution in [3.05, 3.63) is 34.9 Å². The number of hydrogen-bond donors (Lipinski definition) is 1. The van der Waals surface area contributed by atoms with Crippen LogP contribution in [0.25, 0.3) is 0 Å². The summed E-state index contributed by atoms with van der Waals surface area (Å²) in [6.07, 6.45) is 6.51. The van der Waals surface area contributed by atoms with E-state index >= 15 is 0 Å². The molecule has 19 heavy (non-hydrogen) atoms. The van der Waals surface area contributed by atoms with E-state index in [1.54, 1.807) is 0 Å². The molecule has 1 heterocycles. The van der Waals surface area contributed by atoms with Crippen LogP contribution in [-0.4, -0.2) is 25.2 Å². The van der Waals surface area contributed by atoms with Crippen LogP contribution >= 0.6 is 0 Å². The van der Waals surface area contributed by atoms with Crippen LogP contribution in [0.3, 0.4) is 0 Å². The van der Waals surface area contributed by atoms with E-state index in [2.05, 4.69) is 23.5 Å². The van der Waals surface area contributed by atoms with Gasteiger partial charge >= 0.3 is 0 Å². The second-order valence-electron chi connectivity index (χ2n) is 5.57. The number of amides is 1. The molecule has 3 heteroatoms. The summed E-state index contributed by atoms with van der Waals surface area (Å²) in [5.41, 5.74) is 4.03. The highest BCUT2D eigenvalue weighted by atomic mass is 16.5. The smallest absolute Gasteiger partial charge is 0.224 e. The van der Waals surface area contributed by atoms with Gasteiger partial charge in [0.25, 0.3) is 0 Å². The van der Waals surface area contributed by atoms with Crippen molar-refractivity contribution in [3.8, 4) is 0 Å². The molecule has 0 saturated carbocycles. The lowest BCUT2D eigenvalue weighted by atomic mass is 10.0. The van der Waals surface area contributed by atoms with Gasteiger partial charge in [-0.1, -0.05) is 18.2 Å². The first kappa shape index (κ1) is 12.7. The van der Waals surface area contributed by atoms with Gasteiger partial charge in [-0.3, -0.25) is 4.79 Å². The molecule has 1 fully saturated rings. The summed E-state index contributed by atoms with van der Waals surface area (Å²) in [4.78, 5) is 11.9. The lowest BCUT2D eigenvalue weighted by Crippen LogP contribution is -2.32. The Labute approximate surface area is 114 Å². The maximum absolute atomic E-state index is 11.9. The number of benzene rings is 1. The third-order valence-electron chi connectivity index (χ3n) is 4.08. The van der Waals surface area contributed by atoms with Crippen molar-refractivity contribution in [1.29, 1.82) is 0 Å². The van der Waals surface area contributed by atoms with E-state index in [-0.39, 0.29) is 12.0 Å². The van der Waals surface area contributed by atoms with Crippen LogP contribution in [0, 0.1) is 0 Å². The molecule has 1 aliphatic heterocycles. The van der Waals surface area contributed by atoms with E-state index < -0.39 is 0 Å². The normalized spacial score (nSPS) is 21.4. The summed E-state index contributed by atoms with van der Waals surface area (Å²) in [5.74, 6) is 0.105. The van der Waals surface area contributed by atoms with Gasteiger partial charge in [-0.05, 0) is 48.8 Å². The van der Waals surface area contributed by atoms with Gasteiger partial charge in [0, 0.05) is 13.2 Å². The number of aryl methyl sites for hydroxylation is 2. The molecule has 1 amide bonds. The highest BCUT2D eigenvalue weighted by molar-refractivity contribution is 5.78.